The molecule has 0 radical (unpaired) electrons. The van der Waals surface area contributed by atoms with Crippen LogP contribution in [-0.4, -0.2) is 40.7 Å². The smallest absolute Gasteiger partial charge is 0.274 e. The molecule has 1 aromatic heterocycles. The van der Waals surface area contributed by atoms with Crippen LogP contribution in [0.5, 0.6) is 5.19 Å². The zero-order valence-electron chi connectivity index (χ0n) is 15.3. The number of nitrogens with zero attached hydrogens (tertiary/aromatic N) is 2. The predicted octanol–water partition coefficient (Wildman–Crippen LogP) is 5.09. The summed E-state index contributed by atoms with van der Waals surface area (Å²) in [5.74, 6) is 1.15. The minimum absolute atomic E-state index is 0.112. The normalized spacial score (nSPS) is 15.2. The van der Waals surface area contributed by atoms with E-state index in [9.17, 15) is 4.79 Å². The lowest BCUT2D eigenvalue weighted by Crippen LogP contribution is -2.41. The summed E-state index contributed by atoms with van der Waals surface area (Å²) in [4.78, 5) is 20.4. The Labute approximate surface area is 167 Å². The second-order valence-corrected chi connectivity index (χ2v) is 8.84. The molecule has 1 fully saturated rings. The van der Waals surface area contributed by atoms with Crippen molar-refractivity contribution in [1.82, 2.24) is 9.88 Å². The lowest BCUT2D eigenvalue weighted by molar-refractivity contribution is 0.0595. The standard InChI is InChI=1S/C21H22N2O2S2/c1-2-26-17-9-7-15(8-10-17)20(24)23-13-11-16(12-14-23)25-21-22-18-5-3-4-6-19(18)27-21/h3-10,16H,2,11-14H2,1H3. The molecular formula is C21H22N2O2S2. The molecule has 4 rings (SSSR count). The van der Waals surface area contributed by atoms with E-state index in [1.807, 2.05) is 47.4 Å². The molecule has 1 amide bonds. The largest absolute Gasteiger partial charge is 0.467 e. The number of piperidine rings is 1. The highest BCUT2D eigenvalue weighted by molar-refractivity contribution is 7.99. The maximum absolute atomic E-state index is 12.7. The fraction of sp³-hybridized carbons (Fsp3) is 0.333. The molecule has 2 heterocycles. The molecule has 0 atom stereocenters. The van der Waals surface area contributed by atoms with E-state index in [-0.39, 0.29) is 12.0 Å². The molecule has 27 heavy (non-hydrogen) atoms. The Morgan fingerprint density at radius 3 is 2.63 bits per heavy atom. The van der Waals surface area contributed by atoms with Crippen LogP contribution in [-0.2, 0) is 0 Å². The van der Waals surface area contributed by atoms with Crippen LogP contribution in [0.25, 0.3) is 10.2 Å². The number of carbonyl (C=O) groups is 1. The monoisotopic (exact) mass is 398 g/mol. The zero-order chi connectivity index (χ0) is 18.6. The first kappa shape index (κ1) is 18.3. The van der Waals surface area contributed by atoms with E-state index in [0.29, 0.717) is 0 Å². The number of hydrogen-bond donors (Lipinski definition) is 0. The van der Waals surface area contributed by atoms with Crippen molar-refractivity contribution in [3.63, 3.8) is 0 Å². The number of aromatic nitrogens is 1. The molecule has 1 aliphatic heterocycles. The summed E-state index contributed by atoms with van der Waals surface area (Å²) in [6.07, 6.45) is 1.80. The molecule has 1 saturated heterocycles. The van der Waals surface area contributed by atoms with Gasteiger partial charge < -0.3 is 9.64 Å². The Balaban J connectivity index is 1.33. The van der Waals surface area contributed by atoms with Crippen molar-refractivity contribution < 1.29 is 9.53 Å². The Hall–Kier alpha value is -2.05. The lowest BCUT2D eigenvalue weighted by Gasteiger charge is -2.31. The third kappa shape index (κ3) is 4.28. The highest BCUT2D eigenvalue weighted by Crippen LogP contribution is 2.29. The van der Waals surface area contributed by atoms with Crippen molar-refractivity contribution in [2.45, 2.75) is 30.8 Å². The van der Waals surface area contributed by atoms with Gasteiger partial charge >= 0.3 is 0 Å². The maximum atomic E-state index is 12.7. The fourth-order valence-corrected chi connectivity index (χ4v) is 4.81. The van der Waals surface area contributed by atoms with Crippen molar-refractivity contribution in [3.05, 3.63) is 54.1 Å². The topological polar surface area (TPSA) is 42.4 Å². The molecule has 3 aromatic rings. The Bertz CT molecular complexity index is 882. The molecule has 0 saturated carbocycles. The number of fused-ring (bicyclic) bond motifs is 1. The number of carbonyl (C=O) groups excluding carboxylic acids is 1. The van der Waals surface area contributed by atoms with Crippen LogP contribution < -0.4 is 4.74 Å². The minimum Gasteiger partial charge on any atom is -0.467 e. The maximum Gasteiger partial charge on any atom is 0.274 e. The van der Waals surface area contributed by atoms with Crippen LogP contribution >= 0.6 is 23.1 Å². The first-order valence-corrected chi connectivity index (χ1v) is 11.1. The molecule has 4 nitrogen and oxygen atoms in total. The second-order valence-electron chi connectivity index (χ2n) is 6.51. The summed E-state index contributed by atoms with van der Waals surface area (Å²) >= 11 is 3.37. The predicted molar refractivity (Wildman–Crippen MR) is 112 cm³/mol. The summed E-state index contributed by atoms with van der Waals surface area (Å²) in [6.45, 7) is 3.57. The molecule has 6 heteroatoms. The quantitative estimate of drug-likeness (QED) is 0.561. The van der Waals surface area contributed by atoms with E-state index < -0.39 is 0 Å². The number of amides is 1. The first-order chi connectivity index (χ1) is 13.2. The number of benzene rings is 2. The molecule has 0 spiro atoms. The van der Waals surface area contributed by atoms with Crippen molar-refractivity contribution in [2.24, 2.45) is 0 Å². The van der Waals surface area contributed by atoms with Gasteiger partial charge in [-0.3, -0.25) is 4.79 Å². The van der Waals surface area contributed by atoms with Gasteiger partial charge in [0.05, 0.1) is 10.2 Å². The van der Waals surface area contributed by atoms with Crippen LogP contribution in [0.1, 0.15) is 30.1 Å². The molecule has 0 aliphatic carbocycles. The van der Waals surface area contributed by atoms with Gasteiger partial charge in [-0.25, -0.2) is 4.98 Å². The highest BCUT2D eigenvalue weighted by Gasteiger charge is 2.25. The van der Waals surface area contributed by atoms with E-state index in [1.165, 1.54) is 4.90 Å². The molecule has 140 valence electrons. The number of thiazole rings is 1. The summed E-state index contributed by atoms with van der Waals surface area (Å²) in [5, 5.41) is 0.727. The van der Waals surface area contributed by atoms with Crippen molar-refractivity contribution in [2.75, 3.05) is 18.8 Å². The van der Waals surface area contributed by atoms with Crippen LogP contribution in [0.3, 0.4) is 0 Å². The van der Waals surface area contributed by atoms with Crippen LogP contribution in [0.2, 0.25) is 0 Å². The summed E-state index contributed by atoms with van der Waals surface area (Å²) in [6, 6.07) is 16.0. The molecular weight excluding hydrogens is 376 g/mol. The molecule has 2 aromatic carbocycles. The van der Waals surface area contributed by atoms with Gasteiger partial charge in [0.25, 0.3) is 11.1 Å². The lowest BCUT2D eigenvalue weighted by atomic mass is 10.1. The van der Waals surface area contributed by atoms with Gasteiger partial charge in [-0.15, -0.1) is 11.8 Å². The molecule has 1 aliphatic rings. The number of rotatable bonds is 5. The Morgan fingerprint density at radius 1 is 1.19 bits per heavy atom. The van der Waals surface area contributed by atoms with E-state index in [4.69, 9.17) is 4.74 Å². The summed E-state index contributed by atoms with van der Waals surface area (Å²) < 4.78 is 7.23. The molecule has 0 N–H and O–H groups in total. The van der Waals surface area contributed by atoms with Gasteiger partial charge in [-0.1, -0.05) is 30.4 Å². The summed E-state index contributed by atoms with van der Waals surface area (Å²) in [5.41, 5.74) is 1.75. The molecule has 0 unspecified atom stereocenters. The number of para-hydroxylation sites is 1. The van der Waals surface area contributed by atoms with Gasteiger partial charge in [0.2, 0.25) is 0 Å². The second kappa shape index (κ2) is 8.31. The number of thioether (sulfide) groups is 1. The fourth-order valence-electron chi connectivity index (χ4n) is 3.26. The number of hydrogen-bond acceptors (Lipinski definition) is 5. The third-order valence-corrected chi connectivity index (χ3v) is 6.50. The molecule has 0 bridgehead atoms. The Morgan fingerprint density at radius 2 is 1.93 bits per heavy atom. The van der Waals surface area contributed by atoms with Gasteiger partial charge in [0, 0.05) is 36.4 Å². The summed E-state index contributed by atoms with van der Waals surface area (Å²) in [7, 11) is 0. The third-order valence-electron chi connectivity index (χ3n) is 4.68. The average molecular weight is 399 g/mol. The van der Waals surface area contributed by atoms with Crippen molar-refractivity contribution in [1.29, 1.82) is 0 Å². The number of ether oxygens (including phenoxy) is 1. The van der Waals surface area contributed by atoms with E-state index in [2.05, 4.69) is 18.0 Å². The number of likely N-dealkylation sites (tertiary alicyclic amines) is 1. The van der Waals surface area contributed by atoms with Gasteiger partial charge in [-0.2, -0.15) is 0 Å². The zero-order valence-corrected chi connectivity index (χ0v) is 16.9. The van der Waals surface area contributed by atoms with Crippen LogP contribution in [0, 0.1) is 0 Å². The minimum atomic E-state index is 0.112. The van der Waals surface area contributed by atoms with Gasteiger partial charge in [0.1, 0.15) is 6.10 Å². The van der Waals surface area contributed by atoms with Crippen LogP contribution in [0.4, 0.5) is 0 Å². The van der Waals surface area contributed by atoms with Crippen molar-refractivity contribution >= 4 is 39.2 Å². The van der Waals surface area contributed by atoms with Crippen LogP contribution in [0.15, 0.2) is 53.4 Å². The van der Waals surface area contributed by atoms with Crippen molar-refractivity contribution in [3.8, 4) is 5.19 Å². The SMILES string of the molecule is CCSc1ccc(C(=O)N2CCC(Oc3nc4ccccc4s3)CC2)cc1. The van der Waals surface area contributed by atoms with E-state index in [1.54, 1.807) is 23.1 Å². The van der Waals surface area contributed by atoms with Gasteiger partial charge in [-0.05, 0) is 42.2 Å². The van der Waals surface area contributed by atoms with E-state index >= 15 is 0 Å². The van der Waals surface area contributed by atoms with E-state index in [0.717, 1.165) is 52.7 Å². The van der Waals surface area contributed by atoms with Gasteiger partial charge in [0.15, 0.2) is 0 Å². The first-order valence-electron chi connectivity index (χ1n) is 9.27. The Kier molecular flexibility index (Phi) is 5.64. The highest BCUT2D eigenvalue weighted by atomic mass is 32.2. The average Bonchev–Trinajstić information content (AvgIpc) is 3.11.